The van der Waals surface area contributed by atoms with E-state index in [4.69, 9.17) is 0 Å². The summed E-state index contributed by atoms with van der Waals surface area (Å²) < 4.78 is 27.6. The number of rotatable bonds is 8. The van der Waals surface area contributed by atoms with Crippen molar-refractivity contribution in [2.75, 3.05) is 6.54 Å². The minimum atomic E-state index is -3.40. The van der Waals surface area contributed by atoms with Crippen LogP contribution in [0.5, 0.6) is 0 Å². The van der Waals surface area contributed by atoms with Gasteiger partial charge in [-0.3, -0.25) is 0 Å². The quantitative estimate of drug-likeness (QED) is 0.775. The van der Waals surface area contributed by atoms with Gasteiger partial charge in [0.2, 0.25) is 10.0 Å². The van der Waals surface area contributed by atoms with E-state index in [1.54, 1.807) is 6.07 Å². The van der Waals surface area contributed by atoms with Crippen molar-refractivity contribution in [3.8, 4) is 0 Å². The van der Waals surface area contributed by atoms with Crippen molar-refractivity contribution >= 4 is 21.4 Å². The van der Waals surface area contributed by atoms with Gasteiger partial charge < -0.3 is 5.32 Å². The molecule has 0 aromatic carbocycles. The normalized spacial score (nSPS) is 16.6. The molecular weight excluding hydrogens is 292 g/mol. The molecule has 6 heteroatoms. The van der Waals surface area contributed by atoms with Crippen LogP contribution in [0.25, 0.3) is 0 Å². The van der Waals surface area contributed by atoms with Crippen molar-refractivity contribution in [2.45, 2.75) is 57.5 Å². The van der Waals surface area contributed by atoms with E-state index in [-0.39, 0.29) is 5.41 Å². The molecule has 0 bridgehead atoms. The summed E-state index contributed by atoms with van der Waals surface area (Å²) in [6.07, 6.45) is 3.35. The lowest BCUT2D eigenvalue weighted by atomic mass is 9.91. The molecule has 1 aromatic rings. The molecule has 0 saturated heterocycles. The molecule has 4 nitrogen and oxygen atoms in total. The van der Waals surface area contributed by atoms with Crippen molar-refractivity contribution in [2.24, 2.45) is 5.41 Å². The molecule has 2 N–H and O–H groups in total. The standard InChI is InChI=1S/C14H24N2O2S2/c1-4-14(2,3)10-16-20(17,18)13-7-8-19-12(13)9-15-11-5-6-11/h7-8,11,15-16H,4-6,9-10H2,1-3H3. The van der Waals surface area contributed by atoms with Gasteiger partial charge >= 0.3 is 0 Å². The third-order valence-electron chi connectivity index (χ3n) is 3.82. The van der Waals surface area contributed by atoms with E-state index in [9.17, 15) is 8.42 Å². The van der Waals surface area contributed by atoms with E-state index in [0.29, 0.717) is 24.0 Å². The molecule has 0 spiro atoms. The average Bonchev–Trinajstić information content (AvgIpc) is 3.10. The Morgan fingerprint density at radius 3 is 2.70 bits per heavy atom. The number of thiophene rings is 1. The summed E-state index contributed by atoms with van der Waals surface area (Å²) in [4.78, 5) is 1.33. The second kappa shape index (κ2) is 6.13. The molecule has 114 valence electrons. The van der Waals surface area contributed by atoms with E-state index in [0.717, 1.165) is 11.3 Å². The van der Waals surface area contributed by atoms with Gasteiger partial charge in [-0.2, -0.15) is 0 Å². The van der Waals surface area contributed by atoms with Gasteiger partial charge in [0.05, 0.1) is 4.90 Å². The lowest BCUT2D eigenvalue weighted by Crippen LogP contribution is -2.34. The Kier molecular flexibility index (Phi) is 4.89. The van der Waals surface area contributed by atoms with Gasteiger partial charge in [0.1, 0.15) is 0 Å². The van der Waals surface area contributed by atoms with Crippen LogP contribution < -0.4 is 10.0 Å². The summed E-state index contributed by atoms with van der Waals surface area (Å²) in [5.41, 5.74) is -0.0183. The molecule has 1 aliphatic carbocycles. The zero-order valence-electron chi connectivity index (χ0n) is 12.4. The van der Waals surface area contributed by atoms with Gasteiger partial charge in [-0.05, 0) is 36.1 Å². The fourth-order valence-electron chi connectivity index (χ4n) is 1.71. The minimum Gasteiger partial charge on any atom is -0.309 e. The van der Waals surface area contributed by atoms with Crippen LogP contribution in [0.1, 0.15) is 44.9 Å². The minimum absolute atomic E-state index is 0.0183. The largest absolute Gasteiger partial charge is 0.309 e. The van der Waals surface area contributed by atoms with Crippen LogP contribution >= 0.6 is 11.3 Å². The smallest absolute Gasteiger partial charge is 0.241 e. The molecule has 0 radical (unpaired) electrons. The van der Waals surface area contributed by atoms with Crippen molar-refractivity contribution in [1.82, 2.24) is 10.0 Å². The molecular formula is C14H24N2O2S2. The molecule has 0 atom stereocenters. The van der Waals surface area contributed by atoms with E-state index in [2.05, 4.69) is 30.8 Å². The van der Waals surface area contributed by atoms with E-state index < -0.39 is 10.0 Å². The molecule has 0 unspecified atom stereocenters. The van der Waals surface area contributed by atoms with Crippen molar-refractivity contribution in [3.63, 3.8) is 0 Å². The first-order valence-electron chi connectivity index (χ1n) is 7.13. The number of sulfonamides is 1. The van der Waals surface area contributed by atoms with E-state index >= 15 is 0 Å². The van der Waals surface area contributed by atoms with Crippen LogP contribution in [0.3, 0.4) is 0 Å². The first-order valence-corrected chi connectivity index (χ1v) is 9.50. The Morgan fingerprint density at radius 1 is 1.40 bits per heavy atom. The summed E-state index contributed by atoms with van der Waals surface area (Å²) in [5, 5.41) is 5.22. The molecule has 1 saturated carbocycles. The Balaban J connectivity index is 2.02. The highest BCUT2D eigenvalue weighted by Gasteiger charge is 2.25. The fourth-order valence-corrected chi connectivity index (χ4v) is 4.35. The Morgan fingerprint density at radius 2 is 2.10 bits per heavy atom. The topological polar surface area (TPSA) is 58.2 Å². The summed E-state index contributed by atoms with van der Waals surface area (Å²) in [5.74, 6) is 0. The van der Waals surface area contributed by atoms with Crippen LogP contribution in [0.15, 0.2) is 16.3 Å². The van der Waals surface area contributed by atoms with Gasteiger partial charge in [0.25, 0.3) is 0 Å². The van der Waals surface area contributed by atoms with Crippen molar-refractivity contribution in [3.05, 3.63) is 16.3 Å². The van der Waals surface area contributed by atoms with Gasteiger partial charge in [-0.1, -0.05) is 20.8 Å². The molecule has 1 heterocycles. The highest BCUT2D eigenvalue weighted by molar-refractivity contribution is 7.89. The second-order valence-corrected chi connectivity index (χ2v) is 8.94. The van der Waals surface area contributed by atoms with E-state index in [1.807, 2.05) is 5.38 Å². The second-order valence-electron chi connectivity index (χ2n) is 6.21. The van der Waals surface area contributed by atoms with Gasteiger partial charge in [0.15, 0.2) is 0 Å². The van der Waals surface area contributed by atoms with Gasteiger partial charge in [-0.15, -0.1) is 11.3 Å². The van der Waals surface area contributed by atoms with Crippen LogP contribution in [0, 0.1) is 5.41 Å². The molecule has 0 amide bonds. The maximum Gasteiger partial charge on any atom is 0.241 e. The lowest BCUT2D eigenvalue weighted by Gasteiger charge is -2.22. The molecule has 1 aliphatic rings. The maximum absolute atomic E-state index is 12.4. The van der Waals surface area contributed by atoms with Crippen LogP contribution in [-0.2, 0) is 16.6 Å². The molecule has 1 aromatic heterocycles. The van der Waals surface area contributed by atoms with Crippen molar-refractivity contribution < 1.29 is 8.42 Å². The Hall–Kier alpha value is -0.430. The average molecular weight is 316 g/mol. The summed E-state index contributed by atoms with van der Waals surface area (Å²) >= 11 is 1.50. The summed E-state index contributed by atoms with van der Waals surface area (Å²) in [6.45, 7) is 7.33. The SMILES string of the molecule is CCC(C)(C)CNS(=O)(=O)c1ccsc1CNC1CC1. The number of hydrogen-bond donors (Lipinski definition) is 2. The first kappa shape index (κ1) is 15.9. The van der Waals surface area contributed by atoms with Gasteiger partial charge in [0, 0.05) is 24.0 Å². The number of hydrogen-bond acceptors (Lipinski definition) is 4. The van der Waals surface area contributed by atoms with E-state index in [1.165, 1.54) is 24.2 Å². The van der Waals surface area contributed by atoms with Gasteiger partial charge in [-0.25, -0.2) is 13.1 Å². The fraction of sp³-hybridized carbons (Fsp3) is 0.714. The number of nitrogens with one attached hydrogen (secondary N) is 2. The third-order valence-corrected chi connectivity index (χ3v) is 6.36. The van der Waals surface area contributed by atoms with Crippen LogP contribution in [0.2, 0.25) is 0 Å². The lowest BCUT2D eigenvalue weighted by molar-refractivity contribution is 0.350. The molecule has 0 aliphatic heterocycles. The Bertz CT molecular complexity index is 545. The highest BCUT2D eigenvalue weighted by Crippen LogP contribution is 2.26. The molecule has 1 fully saturated rings. The first-order chi connectivity index (χ1) is 9.34. The maximum atomic E-state index is 12.4. The zero-order valence-corrected chi connectivity index (χ0v) is 14.0. The van der Waals surface area contributed by atoms with Crippen molar-refractivity contribution in [1.29, 1.82) is 0 Å². The third kappa shape index (κ3) is 4.28. The zero-order chi connectivity index (χ0) is 14.8. The predicted octanol–water partition coefficient (Wildman–Crippen LogP) is 2.71. The molecule has 20 heavy (non-hydrogen) atoms. The Labute approximate surface area is 126 Å². The summed E-state index contributed by atoms with van der Waals surface area (Å²) in [7, 11) is -3.40. The van der Waals surface area contributed by atoms with Crippen LogP contribution in [-0.4, -0.2) is 21.0 Å². The highest BCUT2D eigenvalue weighted by atomic mass is 32.2. The summed E-state index contributed by atoms with van der Waals surface area (Å²) in [6, 6.07) is 2.29. The predicted molar refractivity (Wildman–Crippen MR) is 83.4 cm³/mol. The molecule has 2 rings (SSSR count). The van der Waals surface area contributed by atoms with Crippen LogP contribution in [0.4, 0.5) is 0 Å². The monoisotopic (exact) mass is 316 g/mol.